The van der Waals surface area contributed by atoms with Gasteiger partial charge >= 0.3 is 0 Å². The second kappa shape index (κ2) is 3.26. The third kappa shape index (κ3) is 1.42. The van der Waals surface area contributed by atoms with Crippen LogP contribution in [-0.4, -0.2) is 23.0 Å². The van der Waals surface area contributed by atoms with Gasteiger partial charge in [0.15, 0.2) is 5.11 Å². The predicted molar refractivity (Wildman–Crippen MR) is 55.2 cm³/mol. The fourth-order valence-electron chi connectivity index (χ4n) is 1.15. The Kier molecular flexibility index (Phi) is 2.09. The van der Waals surface area contributed by atoms with E-state index in [2.05, 4.69) is 5.32 Å². The normalized spacial score (nSPS) is 19.2. The van der Waals surface area contributed by atoms with Crippen LogP contribution in [0.15, 0.2) is 28.7 Å². The number of thiocarbonyl (C=S) groups is 1. The van der Waals surface area contributed by atoms with Crippen LogP contribution in [0.4, 0.5) is 0 Å². The fourth-order valence-corrected chi connectivity index (χ4v) is 1.34. The number of amides is 1. The van der Waals surface area contributed by atoms with Gasteiger partial charge in [0.05, 0.1) is 12.5 Å². The average molecular weight is 208 g/mol. The van der Waals surface area contributed by atoms with Crippen molar-refractivity contribution >= 4 is 29.3 Å². The van der Waals surface area contributed by atoms with Gasteiger partial charge in [-0.25, -0.2) is 0 Å². The lowest BCUT2D eigenvalue weighted by Gasteiger charge is -2.02. The summed E-state index contributed by atoms with van der Waals surface area (Å²) < 4.78 is 4.88. The number of likely N-dealkylation sites (N-methyl/N-ethyl adjacent to an activating group) is 1. The molecule has 0 aliphatic carbocycles. The molecule has 1 aliphatic heterocycles. The minimum atomic E-state index is -0.129. The Bertz CT molecular complexity index is 408. The predicted octanol–water partition coefficient (Wildman–Crippen LogP) is 0.967. The van der Waals surface area contributed by atoms with Crippen molar-refractivity contribution in [1.29, 1.82) is 0 Å². The molecule has 1 aromatic heterocycles. The number of hydrogen-bond acceptors (Lipinski definition) is 3. The SMILES string of the molecule is CN1C(=O)/C(=C\c2ccoc2)NC1=S. The second-order valence-electron chi connectivity index (χ2n) is 2.91. The van der Waals surface area contributed by atoms with Gasteiger partial charge in [-0.1, -0.05) is 0 Å². The molecule has 0 spiro atoms. The first-order valence-electron chi connectivity index (χ1n) is 4.01. The molecule has 1 aromatic rings. The summed E-state index contributed by atoms with van der Waals surface area (Å²) in [5.41, 5.74) is 1.30. The van der Waals surface area contributed by atoms with E-state index in [9.17, 15) is 4.79 Å². The molecule has 0 atom stereocenters. The highest BCUT2D eigenvalue weighted by Gasteiger charge is 2.26. The first kappa shape index (κ1) is 8.96. The summed E-state index contributed by atoms with van der Waals surface area (Å²) in [6.07, 6.45) is 4.80. The Morgan fingerprint density at radius 1 is 1.64 bits per heavy atom. The summed E-state index contributed by atoms with van der Waals surface area (Å²) in [6, 6.07) is 1.77. The molecular formula is C9H8N2O2S. The molecule has 2 rings (SSSR count). The molecule has 1 N–H and O–H groups in total. The lowest BCUT2D eigenvalue weighted by molar-refractivity contribution is -0.121. The van der Waals surface area contributed by atoms with Gasteiger partial charge < -0.3 is 9.73 Å². The monoisotopic (exact) mass is 208 g/mol. The Labute approximate surface area is 86.2 Å². The molecule has 72 valence electrons. The molecule has 1 saturated heterocycles. The van der Waals surface area contributed by atoms with Crippen molar-refractivity contribution in [3.63, 3.8) is 0 Å². The van der Waals surface area contributed by atoms with Crippen LogP contribution < -0.4 is 5.32 Å². The van der Waals surface area contributed by atoms with Gasteiger partial charge in [0.25, 0.3) is 5.91 Å². The summed E-state index contributed by atoms with van der Waals surface area (Å²) in [5, 5.41) is 3.24. The van der Waals surface area contributed by atoms with Crippen molar-refractivity contribution in [3.8, 4) is 0 Å². The highest BCUT2D eigenvalue weighted by Crippen LogP contribution is 2.12. The van der Waals surface area contributed by atoms with E-state index in [1.165, 1.54) is 4.90 Å². The third-order valence-corrected chi connectivity index (χ3v) is 2.31. The van der Waals surface area contributed by atoms with Crippen LogP contribution in [0, 0.1) is 0 Å². The largest absolute Gasteiger partial charge is 0.472 e. The van der Waals surface area contributed by atoms with Crippen molar-refractivity contribution in [3.05, 3.63) is 29.9 Å². The molecule has 0 unspecified atom stereocenters. The Morgan fingerprint density at radius 3 is 2.93 bits per heavy atom. The Morgan fingerprint density at radius 2 is 2.43 bits per heavy atom. The van der Waals surface area contributed by atoms with E-state index >= 15 is 0 Å². The standard InChI is InChI=1S/C9H8N2O2S/c1-11-8(12)7(10-9(11)14)4-6-2-3-13-5-6/h2-5H,1H3,(H,10,14)/b7-4+. The minimum absolute atomic E-state index is 0.129. The molecule has 5 heteroatoms. The van der Waals surface area contributed by atoms with Gasteiger partial charge in [0.2, 0.25) is 0 Å². The number of rotatable bonds is 1. The van der Waals surface area contributed by atoms with E-state index in [4.69, 9.17) is 16.6 Å². The smallest absolute Gasteiger partial charge is 0.276 e. The molecule has 1 amide bonds. The summed E-state index contributed by atoms with van der Waals surface area (Å²) >= 11 is 4.92. The van der Waals surface area contributed by atoms with E-state index in [1.54, 1.807) is 31.7 Å². The maximum Gasteiger partial charge on any atom is 0.276 e. The lowest BCUT2D eigenvalue weighted by Crippen LogP contribution is -2.25. The first-order valence-corrected chi connectivity index (χ1v) is 4.42. The topological polar surface area (TPSA) is 45.5 Å². The molecule has 1 fully saturated rings. The van der Waals surface area contributed by atoms with Gasteiger partial charge in [-0.15, -0.1) is 0 Å². The minimum Gasteiger partial charge on any atom is -0.472 e. The van der Waals surface area contributed by atoms with Gasteiger partial charge in [-0.3, -0.25) is 9.69 Å². The van der Waals surface area contributed by atoms with Crippen molar-refractivity contribution in [2.24, 2.45) is 0 Å². The van der Waals surface area contributed by atoms with Crippen LogP contribution in [0.1, 0.15) is 5.56 Å². The van der Waals surface area contributed by atoms with Crippen LogP contribution in [0.25, 0.3) is 6.08 Å². The number of nitrogens with one attached hydrogen (secondary N) is 1. The molecule has 1 aliphatic rings. The summed E-state index contributed by atoms with van der Waals surface area (Å²) in [5.74, 6) is -0.129. The van der Waals surface area contributed by atoms with Crippen molar-refractivity contribution in [2.45, 2.75) is 0 Å². The maximum absolute atomic E-state index is 11.5. The first-order chi connectivity index (χ1) is 6.68. The molecule has 4 nitrogen and oxygen atoms in total. The Hall–Kier alpha value is -1.62. The zero-order valence-corrected chi connectivity index (χ0v) is 8.30. The van der Waals surface area contributed by atoms with Crippen molar-refractivity contribution in [2.75, 3.05) is 7.05 Å². The number of furan rings is 1. The van der Waals surface area contributed by atoms with Crippen LogP contribution in [0.5, 0.6) is 0 Å². The van der Waals surface area contributed by atoms with Gasteiger partial charge in [-0.2, -0.15) is 0 Å². The zero-order chi connectivity index (χ0) is 10.1. The van der Waals surface area contributed by atoms with E-state index in [0.29, 0.717) is 10.8 Å². The summed E-state index contributed by atoms with van der Waals surface area (Å²) in [6.45, 7) is 0. The molecule has 0 saturated carbocycles. The zero-order valence-electron chi connectivity index (χ0n) is 7.48. The number of hydrogen-bond donors (Lipinski definition) is 1. The Balaban J connectivity index is 2.29. The van der Waals surface area contributed by atoms with Crippen molar-refractivity contribution in [1.82, 2.24) is 10.2 Å². The van der Waals surface area contributed by atoms with Crippen LogP contribution in [0.2, 0.25) is 0 Å². The maximum atomic E-state index is 11.5. The summed E-state index contributed by atoms with van der Waals surface area (Å²) in [4.78, 5) is 12.9. The van der Waals surface area contributed by atoms with Crippen LogP contribution in [-0.2, 0) is 4.79 Å². The van der Waals surface area contributed by atoms with E-state index in [0.717, 1.165) is 5.56 Å². The fraction of sp³-hybridized carbons (Fsp3) is 0.111. The van der Waals surface area contributed by atoms with Gasteiger partial charge in [0, 0.05) is 12.6 Å². The van der Waals surface area contributed by atoms with Gasteiger partial charge in [0.1, 0.15) is 5.70 Å². The molecule has 2 heterocycles. The van der Waals surface area contributed by atoms with Crippen molar-refractivity contribution < 1.29 is 9.21 Å². The average Bonchev–Trinajstić information content (AvgIpc) is 2.73. The number of nitrogens with zero attached hydrogens (tertiary/aromatic N) is 1. The molecule has 0 aromatic carbocycles. The number of carbonyl (C=O) groups is 1. The lowest BCUT2D eigenvalue weighted by atomic mass is 10.2. The molecular weight excluding hydrogens is 200 g/mol. The second-order valence-corrected chi connectivity index (χ2v) is 3.30. The van der Waals surface area contributed by atoms with Crippen LogP contribution >= 0.6 is 12.2 Å². The van der Waals surface area contributed by atoms with E-state index < -0.39 is 0 Å². The molecule has 0 radical (unpaired) electrons. The highest BCUT2D eigenvalue weighted by molar-refractivity contribution is 7.80. The number of carbonyl (C=O) groups excluding carboxylic acids is 1. The van der Waals surface area contributed by atoms with Crippen LogP contribution in [0.3, 0.4) is 0 Å². The van der Waals surface area contributed by atoms with Gasteiger partial charge in [-0.05, 0) is 24.4 Å². The van der Waals surface area contributed by atoms with E-state index in [1.807, 2.05) is 0 Å². The quantitative estimate of drug-likeness (QED) is 0.551. The molecule has 0 bridgehead atoms. The molecule has 14 heavy (non-hydrogen) atoms. The van der Waals surface area contributed by atoms with E-state index in [-0.39, 0.29) is 5.91 Å². The summed E-state index contributed by atoms with van der Waals surface area (Å²) in [7, 11) is 1.63. The third-order valence-electron chi connectivity index (χ3n) is 1.94. The highest BCUT2D eigenvalue weighted by atomic mass is 32.1.